The van der Waals surface area contributed by atoms with E-state index in [9.17, 15) is 9.59 Å². The molecule has 1 atom stereocenters. The van der Waals surface area contributed by atoms with E-state index in [2.05, 4.69) is 5.10 Å². The number of nitrogens with zero attached hydrogens (tertiary/aromatic N) is 4. The summed E-state index contributed by atoms with van der Waals surface area (Å²) in [5.74, 6) is 0.731. The van der Waals surface area contributed by atoms with E-state index in [1.54, 1.807) is 9.47 Å². The number of amides is 1. The SMILES string of the molecule is O=C(Cn1nc2n(c1=O)CCCCC2)N1CCOC(c2ccccc2)C1. The summed E-state index contributed by atoms with van der Waals surface area (Å²) in [6.07, 6.45) is 3.85. The molecule has 1 aromatic heterocycles. The molecule has 2 aliphatic rings. The van der Waals surface area contributed by atoms with Gasteiger partial charge >= 0.3 is 5.69 Å². The summed E-state index contributed by atoms with van der Waals surface area (Å²) in [5, 5.41) is 4.41. The summed E-state index contributed by atoms with van der Waals surface area (Å²) in [6, 6.07) is 9.92. The van der Waals surface area contributed by atoms with Crippen molar-refractivity contribution in [3.63, 3.8) is 0 Å². The number of carbonyl (C=O) groups excluding carboxylic acids is 1. The van der Waals surface area contributed by atoms with Crippen LogP contribution in [-0.4, -0.2) is 44.9 Å². The maximum Gasteiger partial charge on any atom is 0.346 e. The molecule has 138 valence electrons. The largest absolute Gasteiger partial charge is 0.370 e. The van der Waals surface area contributed by atoms with Crippen LogP contribution in [0.15, 0.2) is 35.1 Å². The fraction of sp³-hybridized carbons (Fsp3) is 0.526. The van der Waals surface area contributed by atoms with Gasteiger partial charge in [-0.05, 0) is 18.4 Å². The molecule has 1 saturated heterocycles. The van der Waals surface area contributed by atoms with Crippen molar-refractivity contribution in [1.29, 1.82) is 0 Å². The zero-order valence-corrected chi connectivity index (χ0v) is 14.8. The summed E-state index contributed by atoms with van der Waals surface area (Å²) < 4.78 is 8.87. The Morgan fingerprint density at radius 3 is 2.85 bits per heavy atom. The lowest BCUT2D eigenvalue weighted by Gasteiger charge is -2.33. The van der Waals surface area contributed by atoms with Crippen molar-refractivity contribution in [3.8, 4) is 0 Å². The number of hydrogen-bond acceptors (Lipinski definition) is 4. The number of fused-ring (bicyclic) bond motifs is 1. The molecule has 26 heavy (non-hydrogen) atoms. The van der Waals surface area contributed by atoms with Gasteiger partial charge in [-0.1, -0.05) is 36.8 Å². The highest BCUT2D eigenvalue weighted by atomic mass is 16.5. The highest BCUT2D eigenvalue weighted by Crippen LogP contribution is 2.22. The lowest BCUT2D eigenvalue weighted by Crippen LogP contribution is -2.44. The minimum Gasteiger partial charge on any atom is -0.370 e. The molecule has 1 unspecified atom stereocenters. The molecule has 7 nitrogen and oxygen atoms in total. The van der Waals surface area contributed by atoms with Crippen molar-refractivity contribution in [2.75, 3.05) is 19.7 Å². The van der Waals surface area contributed by atoms with E-state index < -0.39 is 0 Å². The van der Waals surface area contributed by atoms with Gasteiger partial charge in [-0.15, -0.1) is 0 Å². The molecule has 2 aliphatic heterocycles. The van der Waals surface area contributed by atoms with Gasteiger partial charge in [-0.25, -0.2) is 9.48 Å². The van der Waals surface area contributed by atoms with Gasteiger partial charge < -0.3 is 9.64 Å². The third-order valence-electron chi connectivity index (χ3n) is 5.16. The quantitative estimate of drug-likeness (QED) is 0.833. The Bertz CT molecular complexity index is 827. The van der Waals surface area contributed by atoms with Crippen LogP contribution in [0.1, 0.15) is 36.8 Å². The van der Waals surface area contributed by atoms with Crippen molar-refractivity contribution < 1.29 is 9.53 Å². The van der Waals surface area contributed by atoms with Gasteiger partial charge in [0.15, 0.2) is 0 Å². The average molecular weight is 356 g/mol. The normalized spacial score (nSPS) is 20.5. The minimum atomic E-state index is -0.164. The molecule has 0 aliphatic carbocycles. The second kappa shape index (κ2) is 7.45. The van der Waals surface area contributed by atoms with E-state index >= 15 is 0 Å². The van der Waals surface area contributed by atoms with Gasteiger partial charge in [0.2, 0.25) is 5.91 Å². The Morgan fingerprint density at radius 1 is 1.15 bits per heavy atom. The lowest BCUT2D eigenvalue weighted by molar-refractivity contribution is -0.139. The van der Waals surface area contributed by atoms with Crippen LogP contribution < -0.4 is 5.69 Å². The van der Waals surface area contributed by atoms with Crippen LogP contribution in [0, 0.1) is 0 Å². The van der Waals surface area contributed by atoms with Crippen LogP contribution in [0.5, 0.6) is 0 Å². The minimum absolute atomic E-state index is 0.000340. The van der Waals surface area contributed by atoms with Gasteiger partial charge in [-0.2, -0.15) is 5.10 Å². The Morgan fingerprint density at radius 2 is 2.00 bits per heavy atom. The van der Waals surface area contributed by atoms with Gasteiger partial charge in [0, 0.05) is 19.5 Å². The molecule has 1 aromatic carbocycles. The van der Waals surface area contributed by atoms with Crippen LogP contribution in [0.3, 0.4) is 0 Å². The first-order chi connectivity index (χ1) is 12.7. The topological polar surface area (TPSA) is 69.4 Å². The summed E-state index contributed by atoms with van der Waals surface area (Å²) >= 11 is 0. The first-order valence-electron chi connectivity index (χ1n) is 9.33. The summed E-state index contributed by atoms with van der Waals surface area (Å²) in [7, 11) is 0. The second-order valence-electron chi connectivity index (χ2n) is 6.93. The van der Waals surface area contributed by atoms with E-state index in [0.717, 1.165) is 37.1 Å². The molecule has 7 heteroatoms. The average Bonchev–Trinajstić information content (AvgIpc) is 2.85. The first kappa shape index (κ1) is 17.0. The van der Waals surface area contributed by atoms with Crippen LogP contribution in [0.2, 0.25) is 0 Å². The van der Waals surface area contributed by atoms with Crippen molar-refractivity contribution >= 4 is 5.91 Å². The number of ether oxygens (including phenoxy) is 1. The van der Waals surface area contributed by atoms with E-state index in [1.165, 1.54) is 4.68 Å². The Kier molecular flexibility index (Phi) is 4.88. The molecule has 0 bridgehead atoms. The zero-order chi connectivity index (χ0) is 17.9. The standard InChI is InChI=1S/C19H24N4O3/c24-18(14-23-19(25)22-10-6-2-5-9-17(22)20-23)21-11-12-26-16(13-21)15-7-3-1-4-8-15/h1,3-4,7-8,16H,2,5-6,9-14H2. The molecule has 0 N–H and O–H groups in total. The molecule has 2 aromatic rings. The predicted molar refractivity (Wildman–Crippen MR) is 95.8 cm³/mol. The molecule has 3 heterocycles. The van der Waals surface area contributed by atoms with Crippen molar-refractivity contribution in [2.45, 2.75) is 44.9 Å². The molecule has 1 fully saturated rings. The molecule has 4 rings (SSSR count). The second-order valence-corrected chi connectivity index (χ2v) is 6.93. The lowest BCUT2D eigenvalue weighted by atomic mass is 10.1. The van der Waals surface area contributed by atoms with E-state index in [-0.39, 0.29) is 24.2 Å². The predicted octanol–water partition coefficient (Wildman–Crippen LogP) is 1.37. The number of morpholine rings is 1. The maximum absolute atomic E-state index is 12.7. The first-order valence-corrected chi connectivity index (χ1v) is 9.33. The highest BCUT2D eigenvalue weighted by Gasteiger charge is 2.26. The van der Waals surface area contributed by atoms with E-state index in [4.69, 9.17) is 4.74 Å². The van der Waals surface area contributed by atoms with E-state index in [0.29, 0.717) is 26.2 Å². The number of aryl methyl sites for hydroxylation is 1. The van der Waals surface area contributed by atoms with Gasteiger partial charge in [0.25, 0.3) is 0 Å². The maximum atomic E-state index is 12.7. The third-order valence-corrected chi connectivity index (χ3v) is 5.16. The van der Waals surface area contributed by atoms with Crippen LogP contribution in [0.4, 0.5) is 0 Å². The Hall–Kier alpha value is -2.41. The fourth-order valence-corrected chi connectivity index (χ4v) is 3.70. The highest BCUT2D eigenvalue weighted by molar-refractivity contribution is 5.76. The molecular formula is C19H24N4O3. The number of rotatable bonds is 3. The molecular weight excluding hydrogens is 332 g/mol. The fourth-order valence-electron chi connectivity index (χ4n) is 3.70. The number of carbonyl (C=O) groups is 1. The smallest absolute Gasteiger partial charge is 0.346 e. The van der Waals surface area contributed by atoms with Crippen molar-refractivity contribution in [3.05, 3.63) is 52.2 Å². The third kappa shape index (κ3) is 3.44. The van der Waals surface area contributed by atoms with Crippen LogP contribution >= 0.6 is 0 Å². The molecule has 0 radical (unpaired) electrons. The van der Waals surface area contributed by atoms with Gasteiger partial charge in [-0.3, -0.25) is 9.36 Å². The summed E-state index contributed by atoms with van der Waals surface area (Å²) in [6.45, 7) is 2.26. The molecule has 0 spiro atoms. The van der Waals surface area contributed by atoms with Gasteiger partial charge in [0.05, 0.1) is 13.2 Å². The van der Waals surface area contributed by atoms with Crippen molar-refractivity contribution in [1.82, 2.24) is 19.2 Å². The Labute approximate surface area is 152 Å². The number of benzene rings is 1. The van der Waals surface area contributed by atoms with E-state index in [1.807, 2.05) is 30.3 Å². The van der Waals surface area contributed by atoms with Crippen LogP contribution in [0.25, 0.3) is 0 Å². The number of hydrogen-bond donors (Lipinski definition) is 0. The van der Waals surface area contributed by atoms with Crippen molar-refractivity contribution in [2.24, 2.45) is 0 Å². The molecule has 1 amide bonds. The summed E-state index contributed by atoms with van der Waals surface area (Å²) in [5.41, 5.74) is 0.902. The monoisotopic (exact) mass is 356 g/mol. The summed E-state index contributed by atoms with van der Waals surface area (Å²) in [4.78, 5) is 27.1. The molecule has 0 saturated carbocycles. The zero-order valence-electron chi connectivity index (χ0n) is 14.8. The Balaban J connectivity index is 1.46. The number of aromatic nitrogens is 3. The van der Waals surface area contributed by atoms with Crippen LogP contribution in [-0.2, 0) is 29.0 Å². The van der Waals surface area contributed by atoms with Gasteiger partial charge in [0.1, 0.15) is 18.5 Å².